The summed E-state index contributed by atoms with van der Waals surface area (Å²) < 4.78 is 0. The molecule has 0 amide bonds. The van der Waals surface area contributed by atoms with Gasteiger partial charge in [-0.25, -0.2) is 0 Å². The van der Waals surface area contributed by atoms with Crippen molar-refractivity contribution < 1.29 is 9.59 Å². The van der Waals surface area contributed by atoms with Crippen LogP contribution >= 0.6 is 0 Å². The molecule has 122 valence electrons. The molecule has 0 heterocycles. The van der Waals surface area contributed by atoms with Gasteiger partial charge in [0.05, 0.1) is 0 Å². The molecule has 0 aromatic carbocycles. The van der Waals surface area contributed by atoms with E-state index >= 15 is 0 Å². The summed E-state index contributed by atoms with van der Waals surface area (Å²) in [6.07, 6.45) is 12.7. The molecule has 0 aromatic rings. The monoisotopic (exact) mass is 302 g/mol. The Morgan fingerprint density at radius 1 is 1.09 bits per heavy atom. The molecule has 0 saturated carbocycles. The van der Waals surface area contributed by atoms with Gasteiger partial charge < -0.3 is 4.79 Å². The van der Waals surface area contributed by atoms with E-state index in [9.17, 15) is 9.59 Å². The molecular formula is C20H30O2. The fourth-order valence-corrected chi connectivity index (χ4v) is 2.36. The third kappa shape index (κ3) is 8.56. The lowest BCUT2D eigenvalue weighted by atomic mass is 9.98. The van der Waals surface area contributed by atoms with Gasteiger partial charge in [-0.15, -0.1) is 0 Å². The van der Waals surface area contributed by atoms with E-state index in [0.29, 0.717) is 6.42 Å². The lowest BCUT2D eigenvalue weighted by Gasteiger charge is -2.07. The molecule has 1 unspecified atom stereocenters. The normalized spacial score (nSPS) is 15.3. The van der Waals surface area contributed by atoms with Crippen molar-refractivity contribution in [1.82, 2.24) is 0 Å². The van der Waals surface area contributed by atoms with E-state index < -0.39 is 0 Å². The minimum Gasteiger partial charge on any atom is -0.300 e. The van der Waals surface area contributed by atoms with Gasteiger partial charge in [-0.2, -0.15) is 0 Å². The number of hydrogen-bond donors (Lipinski definition) is 0. The molecule has 0 fully saturated rings. The van der Waals surface area contributed by atoms with E-state index in [-0.39, 0.29) is 17.5 Å². The van der Waals surface area contributed by atoms with Gasteiger partial charge in [-0.05, 0) is 52.0 Å². The Morgan fingerprint density at radius 3 is 2.18 bits per heavy atom. The summed E-state index contributed by atoms with van der Waals surface area (Å²) in [5, 5.41) is 0. The zero-order valence-corrected chi connectivity index (χ0v) is 14.9. The standard InChI is InChI=1S/C20H30O2/c1-7-9-19(13-11-17(5)21)12-10-15(3)14-16(4)20(8-2)18(6)22/h8-10,12,14-15H,7,11,13H2,1-6H3. The average Bonchev–Trinajstić information content (AvgIpc) is 2.42. The first-order valence-corrected chi connectivity index (χ1v) is 8.04. The van der Waals surface area contributed by atoms with Crippen LogP contribution in [0.3, 0.4) is 0 Å². The lowest BCUT2D eigenvalue weighted by Crippen LogP contribution is -1.99. The van der Waals surface area contributed by atoms with E-state index in [1.165, 1.54) is 5.57 Å². The molecule has 0 spiro atoms. The predicted molar refractivity (Wildman–Crippen MR) is 94.8 cm³/mol. The Bertz CT molecular complexity index is 502. The van der Waals surface area contributed by atoms with Gasteiger partial charge in [-0.3, -0.25) is 4.79 Å². The van der Waals surface area contributed by atoms with E-state index in [2.05, 4.69) is 38.2 Å². The molecule has 0 bridgehead atoms. The molecule has 0 aliphatic carbocycles. The third-order valence-corrected chi connectivity index (χ3v) is 3.45. The Kier molecular flexibility index (Phi) is 10.1. The molecule has 0 aliphatic rings. The van der Waals surface area contributed by atoms with Crippen LogP contribution in [0, 0.1) is 5.92 Å². The smallest absolute Gasteiger partial charge is 0.159 e. The highest BCUT2D eigenvalue weighted by molar-refractivity contribution is 5.97. The fraction of sp³-hybridized carbons (Fsp3) is 0.500. The number of hydrogen-bond acceptors (Lipinski definition) is 2. The molecule has 0 radical (unpaired) electrons. The molecular weight excluding hydrogens is 272 g/mol. The minimum atomic E-state index is 0.0976. The minimum absolute atomic E-state index is 0.0976. The summed E-state index contributed by atoms with van der Waals surface area (Å²) in [7, 11) is 0. The third-order valence-electron chi connectivity index (χ3n) is 3.45. The first-order valence-electron chi connectivity index (χ1n) is 8.04. The van der Waals surface area contributed by atoms with E-state index in [4.69, 9.17) is 0 Å². The molecule has 2 nitrogen and oxygen atoms in total. The molecule has 0 N–H and O–H groups in total. The Labute approximate surface area is 135 Å². The van der Waals surface area contributed by atoms with Gasteiger partial charge in [0, 0.05) is 12.0 Å². The van der Waals surface area contributed by atoms with Gasteiger partial charge >= 0.3 is 0 Å². The van der Waals surface area contributed by atoms with Gasteiger partial charge in [0.1, 0.15) is 5.78 Å². The second kappa shape index (κ2) is 10.9. The number of ketones is 2. The number of allylic oxidation sites excluding steroid dienone is 8. The highest BCUT2D eigenvalue weighted by Crippen LogP contribution is 2.16. The topological polar surface area (TPSA) is 34.1 Å². The van der Waals surface area contributed by atoms with Crippen molar-refractivity contribution in [3.05, 3.63) is 47.1 Å². The second-order valence-corrected chi connectivity index (χ2v) is 5.72. The fourth-order valence-electron chi connectivity index (χ4n) is 2.36. The molecule has 1 atom stereocenters. The summed E-state index contributed by atoms with van der Waals surface area (Å²) in [5.74, 6) is 0.561. The van der Waals surface area contributed by atoms with Crippen LogP contribution in [0.1, 0.15) is 60.8 Å². The molecule has 22 heavy (non-hydrogen) atoms. The molecule has 0 aromatic heterocycles. The van der Waals surface area contributed by atoms with Crippen LogP contribution < -0.4 is 0 Å². The van der Waals surface area contributed by atoms with Crippen LogP contribution in [-0.4, -0.2) is 11.6 Å². The van der Waals surface area contributed by atoms with E-state index in [1.54, 1.807) is 13.8 Å². The van der Waals surface area contributed by atoms with Crippen LogP contribution in [0.25, 0.3) is 0 Å². The lowest BCUT2D eigenvalue weighted by molar-refractivity contribution is -0.117. The second-order valence-electron chi connectivity index (χ2n) is 5.72. The average molecular weight is 302 g/mol. The molecule has 0 saturated heterocycles. The zero-order valence-electron chi connectivity index (χ0n) is 14.9. The van der Waals surface area contributed by atoms with Crippen molar-refractivity contribution >= 4 is 11.6 Å². The van der Waals surface area contributed by atoms with Gasteiger partial charge in [0.15, 0.2) is 5.78 Å². The van der Waals surface area contributed by atoms with Crippen LogP contribution in [-0.2, 0) is 9.59 Å². The largest absolute Gasteiger partial charge is 0.300 e. The summed E-state index contributed by atoms with van der Waals surface area (Å²) in [4.78, 5) is 22.6. The van der Waals surface area contributed by atoms with Crippen molar-refractivity contribution in [3.63, 3.8) is 0 Å². The number of Topliss-reactive ketones (excluding diaryl/α,β-unsaturated/α-hetero) is 2. The van der Waals surface area contributed by atoms with Crippen molar-refractivity contribution in [2.75, 3.05) is 0 Å². The summed E-state index contributed by atoms with van der Waals surface area (Å²) >= 11 is 0. The summed E-state index contributed by atoms with van der Waals surface area (Å²) in [6, 6.07) is 0. The maximum Gasteiger partial charge on any atom is 0.159 e. The van der Waals surface area contributed by atoms with Crippen molar-refractivity contribution in [1.29, 1.82) is 0 Å². The Balaban J connectivity index is 4.92. The molecule has 2 heteroatoms. The van der Waals surface area contributed by atoms with Gasteiger partial charge in [-0.1, -0.05) is 49.8 Å². The summed E-state index contributed by atoms with van der Waals surface area (Å²) in [5.41, 5.74) is 2.99. The van der Waals surface area contributed by atoms with Crippen LogP contribution in [0.2, 0.25) is 0 Å². The first kappa shape index (κ1) is 20.3. The van der Waals surface area contributed by atoms with Crippen molar-refractivity contribution in [2.45, 2.75) is 60.8 Å². The maximum atomic E-state index is 11.5. The first-order chi connectivity index (χ1) is 10.3. The van der Waals surface area contributed by atoms with Crippen molar-refractivity contribution in [3.8, 4) is 0 Å². The summed E-state index contributed by atoms with van der Waals surface area (Å²) in [6.45, 7) is 11.3. The highest BCUT2D eigenvalue weighted by atomic mass is 16.1. The number of carbonyl (C=O) groups excluding carboxylic acids is 2. The van der Waals surface area contributed by atoms with Crippen LogP contribution in [0.15, 0.2) is 47.1 Å². The molecule has 0 rings (SSSR count). The predicted octanol–water partition coefficient (Wildman–Crippen LogP) is 5.37. The number of rotatable bonds is 9. The highest BCUT2D eigenvalue weighted by Gasteiger charge is 2.05. The number of carbonyl (C=O) groups is 2. The molecule has 0 aliphatic heterocycles. The van der Waals surface area contributed by atoms with Gasteiger partial charge in [0.25, 0.3) is 0 Å². The Morgan fingerprint density at radius 2 is 1.73 bits per heavy atom. The zero-order chi connectivity index (χ0) is 17.1. The SMILES string of the molecule is CC=C(C(C)=O)C(C)=CC(C)C=CC(=CCC)CCC(C)=O. The quantitative estimate of drug-likeness (QED) is 0.424. The maximum absolute atomic E-state index is 11.5. The Hall–Kier alpha value is -1.70. The van der Waals surface area contributed by atoms with Crippen LogP contribution in [0.4, 0.5) is 0 Å². The van der Waals surface area contributed by atoms with Crippen molar-refractivity contribution in [2.24, 2.45) is 5.92 Å². The van der Waals surface area contributed by atoms with Gasteiger partial charge in [0.2, 0.25) is 0 Å². The van der Waals surface area contributed by atoms with E-state index in [0.717, 1.165) is 24.0 Å². The van der Waals surface area contributed by atoms with E-state index in [1.807, 2.05) is 19.9 Å². The van der Waals surface area contributed by atoms with Crippen LogP contribution in [0.5, 0.6) is 0 Å².